The third-order valence-corrected chi connectivity index (χ3v) is 6.60. The number of aryl methyl sites for hydroxylation is 1. The van der Waals surface area contributed by atoms with Crippen molar-refractivity contribution in [2.45, 2.75) is 45.7 Å². The summed E-state index contributed by atoms with van der Waals surface area (Å²) in [5.41, 5.74) is 2.57. The fraction of sp³-hybridized carbons (Fsp3) is 0.429. The van der Waals surface area contributed by atoms with E-state index in [1.54, 1.807) is 26.0 Å². The van der Waals surface area contributed by atoms with Gasteiger partial charge >= 0.3 is 5.97 Å². The van der Waals surface area contributed by atoms with Crippen molar-refractivity contribution in [3.63, 3.8) is 0 Å². The Morgan fingerprint density at radius 2 is 1.74 bits per heavy atom. The minimum absolute atomic E-state index is 0.136. The molecule has 0 saturated carbocycles. The van der Waals surface area contributed by atoms with E-state index in [1.807, 2.05) is 6.07 Å². The van der Waals surface area contributed by atoms with Gasteiger partial charge in [-0.25, -0.2) is 4.79 Å². The Kier molecular flexibility index (Phi) is 9.39. The second-order valence-electron chi connectivity index (χ2n) is 9.58. The molecule has 2 aromatic carbocycles. The van der Waals surface area contributed by atoms with Gasteiger partial charge in [0.1, 0.15) is 6.04 Å². The van der Waals surface area contributed by atoms with Gasteiger partial charge in [0.2, 0.25) is 23.0 Å². The zero-order chi connectivity index (χ0) is 28.9. The molecule has 1 aliphatic carbocycles. The third-order valence-electron chi connectivity index (χ3n) is 6.60. The Bertz CT molecular complexity index is 1320. The summed E-state index contributed by atoms with van der Waals surface area (Å²) in [7, 11) is 4.56. The highest BCUT2D eigenvalue weighted by Crippen LogP contribution is 2.50. The molecule has 2 amide bonds. The molecule has 39 heavy (non-hydrogen) atoms. The molecule has 1 aliphatic rings. The SMILES string of the molecule is COc1cc2c(c(OC)c1OC)-c1ccc(NCC(=O)N[C@H](C(=O)O)C(C)C)c(=O)cc1[C@@H](NC(C)=O)CC2. The van der Waals surface area contributed by atoms with Crippen LogP contribution >= 0.6 is 0 Å². The second-order valence-corrected chi connectivity index (χ2v) is 9.58. The lowest BCUT2D eigenvalue weighted by Crippen LogP contribution is -2.46. The van der Waals surface area contributed by atoms with E-state index >= 15 is 0 Å². The number of carboxylic acids is 1. The number of methoxy groups -OCH3 is 3. The van der Waals surface area contributed by atoms with Gasteiger partial charge in [0.05, 0.1) is 39.6 Å². The lowest BCUT2D eigenvalue weighted by Gasteiger charge is -2.19. The zero-order valence-electron chi connectivity index (χ0n) is 23.0. The van der Waals surface area contributed by atoms with Crippen LogP contribution in [0.15, 0.2) is 29.1 Å². The minimum Gasteiger partial charge on any atom is -0.493 e. The molecule has 2 aromatic rings. The molecular weight excluding hydrogens is 506 g/mol. The maximum atomic E-state index is 13.3. The van der Waals surface area contributed by atoms with Crippen LogP contribution in [0, 0.1) is 5.92 Å². The van der Waals surface area contributed by atoms with Gasteiger partial charge in [0.25, 0.3) is 0 Å². The van der Waals surface area contributed by atoms with E-state index in [0.717, 1.165) is 5.56 Å². The van der Waals surface area contributed by atoms with Crippen molar-refractivity contribution in [2.75, 3.05) is 33.2 Å². The van der Waals surface area contributed by atoms with Crippen LogP contribution in [-0.4, -0.2) is 56.8 Å². The highest BCUT2D eigenvalue weighted by molar-refractivity contribution is 5.87. The van der Waals surface area contributed by atoms with Gasteiger partial charge in [0.15, 0.2) is 11.5 Å². The van der Waals surface area contributed by atoms with Gasteiger partial charge in [-0.2, -0.15) is 0 Å². The van der Waals surface area contributed by atoms with Crippen molar-refractivity contribution >= 4 is 23.5 Å². The number of amides is 2. The number of benzene rings is 1. The molecule has 0 spiro atoms. The van der Waals surface area contributed by atoms with Crippen molar-refractivity contribution in [1.29, 1.82) is 0 Å². The Balaban J connectivity index is 2.11. The maximum Gasteiger partial charge on any atom is 0.326 e. The van der Waals surface area contributed by atoms with Crippen LogP contribution in [-0.2, 0) is 20.8 Å². The highest BCUT2D eigenvalue weighted by atomic mass is 16.5. The number of ether oxygens (including phenoxy) is 3. The average Bonchev–Trinajstić information content (AvgIpc) is 3.12. The van der Waals surface area contributed by atoms with Gasteiger partial charge in [-0.05, 0) is 53.6 Å². The number of carboxylic acid groups (broad SMARTS) is 1. The summed E-state index contributed by atoms with van der Waals surface area (Å²) in [5, 5.41) is 17.6. The first-order valence-corrected chi connectivity index (χ1v) is 12.6. The number of hydrogen-bond donors (Lipinski definition) is 4. The van der Waals surface area contributed by atoms with Crippen molar-refractivity contribution in [1.82, 2.24) is 10.6 Å². The number of fused-ring (bicyclic) bond motifs is 3. The third kappa shape index (κ3) is 6.42. The van der Waals surface area contributed by atoms with Crippen molar-refractivity contribution < 1.29 is 33.7 Å². The van der Waals surface area contributed by atoms with E-state index in [0.29, 0.717) is 46.8 Å². The first-order valence-electron chi connectivity index (χ1n) is 12.6. The number of carbonyl (C=O) groups excluding carboxylic acids is 2. The van der Waals surface area contributed by atoms with Crippen molar-refractivity contribution in [3.8, 4) is 28.4 Å². The molecular formula is C28H35N3O8. The first kappa shape index (κ1) is 29.3. The topological polar surface area (TPSA) is 152 Å². The zero-order valence-corrected chi connectivity index (χ0v) is 23.0. The van der Waals surface area contributed by atoms with E-state index in [-0.39, 0.29) is 24.1 Å². The molecule has 0 radical (unpaired) electrons. The van der Waals surface area contributed by atoms with E-state index in [9.17, 15) is 24.3 Å². The standard InChI is InChI=1S/C28H35N3O8/c1-14(2)25(28(35)36)31-23(34)13-29-20-10-8-17-18(12-21(20)33)19(30-15(3)32)9-7-16-11-22(37-4)26(38-5)27(39-6)24(16)17/h8,10-12,14,19,25H,7,9,13H2,1-6H3,(H,29,33)(H,30,32)(H,31,34)(H,35,36)/t19-,25-/m0/s1. The summed E-state index contributed by atoms with van der Waals surface area (Å²) in [4.78, 5) is 49.2. The van der Waals surface area contributed by atoms with Crippen LogP contribution in [0.1, 0.15) is 44.4 Å². The molecule has 0 aromatic heterocycles. The van der Waals surface area contributed by atoms with Crippen LogP contribution in [0.2, 0.25) is 0 Å². The normalized spacial score (nSPS) is 14.7. The summed E-state index contributed by atoms with van der Waals surface area (Å²) in [6.45, 7) is 4.49. The fourth-order valence-corrected chi connectivity index (χ4v) is 4.77. The number of rotatable bonds is 10. The molecule has 0 unspecified atom stereocenters. The molecule has 0 bridgehead atoms. The van der Waals surface area contributed by atoms with Gasteiger partial charge in [0, 0.05) is 12.5 Å². The second kappa shape index (κ2) is 12.5. The van der Waals surface area contributed by atoms with E-state index in [2.05, 4.69) is 16.0 Å². The van der Waals surface area contributed by atoms with Crippen LogP contribution in [0.5, 0.6) is 17.2 Å². The molecule has 3 rings (SSSR count). The molecule has 0 fully saturated rings. The van der Waals surface area contributed by atoms with Crippen LogP contribution in [0.3, 0.4) is 0 Å². The highest BCUT2D eigenvalue weighted by Gasteiger charge is 2.29. The predicted molar refractivity (Wildman–Crippen MR) is 146 cm³/mol. The fourth-order valence-electron chi connectivity index (χ4n) is 4.77. The number of hydrogen-bond acceptors (Lipinski definition) is 8. The van der Waals surface area contributed by atoms with Crippen LogP contribution in [0.4, 0.5) is 5.69 Å². The molecule has 0 saturated heterocycles. The van der Waals surface area contributed by atoms with Crippen LogP contribution < -0.4 is 35.6 Å². The summed E-state index contributed by atoms with van der Waals surface area (Å²) < 4.78 is 16.9. The molecule has 4 N–H and O–H groups in total. The summed E-state index contributed by atoms with van der Waals surface area (Å²) in [5.74, 6) is -0.951. The quantitative estimate of drug-likeness (QED) is 0.355. The molecule has 0 aliphatic heterocycles. The Hall–Kier alpha value is -4.28. The molecule has 11 heteroatoms. The number of nitrogens with one attached hydrogen (secondary N) is 3. The lowest BCUT2D eigenvalue weighted by atomic mass is 9.95. The predicted octanol–water partition coefficient (Wildman–Crippen LogP) is 2.50. The minimum atomic E-state index is -1.14. The Labute approximate surface area is 226 Å². The lowest BCUT2D eigenvalue weighted by molar-refractivity contribution is -0.142. The number of aliphatic carboxylic acids is 1. The maximum absolute atomic E-state index is 13.3. The first-order chi connectivity index (χ1) is 18.5. The Morgan fingerprint density at radius 3 is 2.31 bits per heavy atom. The molecule has 210 valence electrons. The Morgan fingerprint density at radius 1 is 1.05 bits per heavy atom. The van der Waals surface area contributed by atoms with Crippen LogP contribution in [0.25, 0.3) is 11.1 Å². The molecule has 11 nitrogen and oxygen atoms in total. The van der Waals surface area contributed by atoms with Crippen molar-refractivity contribution in [3.05, 3.63) is 45.6 Å². The smallest absolute Gasteiger partial charge is 0.326 e. The van der Waals surface area contributed by atoms with Crippen molar-refractivity contribution in [2.24, 2.45) is 5.92 Å². The largest absolute Gasteiger partial charge is 0.493 e. The summed E-state index contributed by atoms with van der Waals surface area (Å²) >= 11 is 0. The monoisotopic (exact) mass is 541 g/mol. The molecule has 2 atom stereocenters. The number of carbonyl (C=O) groups is 3. The van der Waals surface area contributed by atoms with Gasteiger partial charge in [-0.15, -0.1) is 0 Å². The van der Waals surface area contributed by atoms with E-state index < -0.39 is 29.4 Å². The van der Waals surface area contributed by atoms with Gasteiger partial charge in [-0.3, -0.25) is 14.4 Å². The van der Waals surface area contributed by atoms with E-state index in [4.69, 9.17) is 14.2 Å². The van der Waals surface area contributed by atoms with E-state index in [1.165, 1.54) is 34.3 Å². The molecule has 0 heterocycles. The number of anilines is 1. The van der Waals surface area contributed by atoms with Gasteiger partial charge in [-0.1, -0.05) is 19.9 Å². The average molecular weight is 542 g/mol. The summed E-state index contributed by atoms with van der Waals surface area (Å²) in [6, 6.07) is 5.07. The summed E-state index contributed by atoms with van der Waals surface area (Å²) in [6.07, 6.45) is 1.08. The van der Waals surface area contributed by atoms with Gasteiger partial charge < -0.3 is 35.3 Å².